The Hall–Kier alpha value is -2.41. The van der Waals surface area contributed by atoms with Gasteiger partial charge < -0.3 is 14.2 Å². The summed E-state index contributed by atoms with van der Waals surface area (Å²) in [6.07, 6.45) is 0. The molecule has 1 aliphatic rings. The van der Waals surface area contributed by atoms with Gasteiger partial charge in [0.05, 0.1) is 34.4 Å². The van der Waals surface area contributed by atoms with Crippen molar-refractivity contribution in [1.29, 1.82) is 0 Å². The lowest BCUT2D eigenvalue weighted by molar-refractivity contribution is 0.0303. The summed E-state index contributed by atoms with van der Waals surface area (Å²) in [7, 11) is 0. The molecule has 0 saturated carbocycles. The SMILES string of the molecule is CC(C)c1ccc(C(=O)N2CCOCC2)c(Cl)c1.CC(C)c1ccc(Cl)c(-c2nc(C(C)(C)C)no2)c1. The Morgan fingerprint density at radius 1 is 0.919 bits per heavy atom. The lowest BCUT2D eigenvalue weighted by Gasteiger charge is -2.27. The van der Waals surface area contributed by atoms with Crippen LogP contribution in [0, 0.1) is 0 Å². The van der Waals surface area contributed by atoms with Crippen molar-refractivity contribution in [2.24, 2.45) is 0 Å². The quantitative estimate of drug-likeness (QED) is 0.335. The van der Waals surface area contributed by atoms with Crippen LogP contribution in [0.3, 0.4) is 0 Å². The Morgan fingerprint density at radius 3 is 2.05 bits per heavy atom. The maximum atomic E-state index is 12.3. The molecule has 1 aliphatic heterocycles. The predicted molar refractivity (Wildman–Crippen MR) is 150 cm³/mol. The molecule has 2 aromatic carbocycles. The summed E-state index contributed by atoms with van der Waals surface area (Å²) in [5.74, 6) is 2.01. The number of benzene rings is 2. The minimum absolute atomic E-state index is 0.00129. The number of amides is 1. The number of carbonyl (C=O) groups is 1. The molecule has 4 rings (SSSR count). The fraction of sp³-hybridized carbons (Fsp3) is 0.483. The molecule has 37 heavy (non-hydrogen) atoms. The topological polar surface area (TPSA) is 68.5 Å². The van der Waals surface area contributed by atoms with Crippen molar-refractivity contribution < 1.29 is 14.1 Å². The van der Waals surface area contributed by atoms with E-state index in [2.05, 4.69) is 37.8 Å². The molecule has 0 spiro atoms. The number of hydrogen-bond acceptors (Lipinski definition) is 5. The zero-order valence-electron chi connectivity index (χ0n) is 22.8. The van der Waals surface area contributed by atoms with E-state index >= 15 is 0 Å². The number of aromatic nitrogens is 2. The van der Waals surface area contributed by atoms with Crippen LogP contribution in [-0.2, 0) is 10.2 Å². The average molecular weight is 547 g/mol. The molecule has 6 nitrogen and oxygen atoms in total. The molecular weight excluding hydrogens is 509 g/mol. The third-order valence-corrected chi connectivity index (χ3v) is 6.82. The van der Waals surface area contributed by atoms with Crippen LogP contribution in [0.2, 0.25) is 10.0 Å². The molecule has 8 heteroatoms. The number of nitrogens with zero attached hydrogens (tertiary/aromatic N) is 3. The van der Waals surface area contributed by atoms with E-state index in [4.69, 9.17) is 32.5 Å². The molecule has 1 amide bonds. The van der Waals surface area contributed by atoms with Crippen LogP contribution in [0.1, 0.15) is 87.6 Å². The largest absolute Gasteiger partial charge is 0.378 e. The first-order valence-corrected chi connectivity index (χ1v) is 13.4. The highest BCUT2D eigenvalue weighted by Crippen LogP contribution is 2.31. The molecule has 0 atom stereocenters. The van der Waals surface area contributed by atoms with Crippen molar-refractivity contribution in [3.8, 4) is 11.5 Å². The van der Waals surface area contributed by atoms with Gasteiger partial charge in [0, 0.05) is 18.5 Å². The van der Waals surface area contributed by atoms with Crippen LogP contribution >= 0.6 is 23.2 Å². The Bertz CT molecular complexity index is 1210. The van der Waals surface area contributed by atoms with Gasteiger partial charge in [0.15, 0.2) is 5.82 Å². The first-order valence-electron chi connectivity index (χ1n) is 12.7. The summed E-state index contributed by atoms with van der Waals surface area (Å²) in [4.78, 5) is 18.5. The summed E-state index contributed by atoms with van der Waals surface area (Å²) < 4.78 is 10.6. The molecular formula is C29H37Cl2N3O3. The van der Waals surface area contributed by atoms with Gasteiger partial charge in [0.2, 0.25) is 0 Å². The van der Waals surface area contributed by atoms with Crippen LogP contribution in [0.15, 0.2) is 40.9 Å². The highest BCUT2D eigenvalue weighted by molar-refractivity contribution is 6.34. The lowest BCUT2D eigenvalue weighted by Crippen LogP contribution is -2.40. The van der Waals surface area contributed by atoms with E-state index in [1.807, 2.05) is 57.2 Å². The van der Waals surface area contributed by atoms with Crippen molar-refractivity contribution in [1.82, 2.24) is 15.0 Å². The molecule has 1 aromatic heterocycles. The van der Waals surface area contributed by atoms with Gasteiger partial charge in [-0.25, -0.2) is 0 Å². The summed E-state index contributed by atoms with van der Waals surface area (Å²) in [6.45, 7) is 17.1. The van der Waals surface area contributed by atoms with Crippen LogP contribution in [0.25, 0.3) is 11.5 Å². The minimum atomic E-state index is -0.135. The zero-order chi connectivity index (χ0) is 27.3. The number of hydrogen-bond donors (Lipinski definition) is 0. The van der Waals surface area contributed by atoms with Gasteiger partial charge in [0.25, 0.3) is 11.8 Å². The molecule has 0 radical (unpaired) electrons. The maximum Gasteiger partial charge on any atom is 0.259 e. The van der Waals surface area contributed by atoms with Gasteiger partial charge in [-0.1, -0.05) is 89.0 Å². The van der Waals surface area contributed by atoms with Crippen molar-refractivity contribution in [2.75, 3.05) is 26.3 Å². The predicted octanol–water partition coefficient (Wildman–Crippen LogP) is 7.75. The van der Waals surface area contributed by atoms with E-state index in [1.54, 1.807) is 4.90 Å². The second-order valence-corrected chi connectivity index (χ2v) is 11.7. The van der Waals surface area contributed by atoms with E-state index in [9.17, 15) is 4.79 Å². The Labute approximate surface area is 230 Å². The normalized spacial score (nSPS) is 14.1. The summed E-state index contributed by atoms with van der Waals surface area (Å²) in [6, 6.07) is 11.6. The molecule has 2 heterocycles. The Kier molecular flexibility index (Phi) is 9.79. The van der Waals surface area contributed by atoms with E-state index < -0.39 is 0 Å². The van der Waals surface area contributed by atoms with Gasteiger partial charge >= 0.3 is 0 Å². The van der Waals surface area contributed by atoms with Crippen LogP contribution < -0.4 is 0 Å². The van der Waals surface area contributed by atoms with Gasteiger partial charge in [-0.05, 0) is 47.2 Å². The summed E-state index contributed by atoms with van der Waals surface area (Å²) >= 11 is 12.4. The summed E-state index contributed by atoms with van der Waals surface area (Å²) in [5, 5.41) is 5.21. The summed E-state index contributed by atoms with van der Waals surface area (Å²) in [5.41, 5.74) is 3.61. The fourth-order valence-electron chi connectivity index (χ4n) is 3.70. The second kappa shape index (κ2) is 12.4. The molecule has 0 bridgehead atoms. The first-order chi connectivity index (χ1) is 17.4. The zero-order valence-corrected chi connectivity index (χ0v) is 24.3. The van der Waals surface area contributed by atoms with E-state index in [1.165, 1.54) is 5.56 Å². The smallest absolute Gasteiger partial charge is 0.259 e. The highest BCUT2D eigenvalue weighted by Gasteiger charge is 2.23. The lowest BCUT2D eigenvalue weighted by atomic mass is 9.96. The highest BCUT2D eigenvalue weighted by atomic mass is 35.5. The van der Waals surface area contributed by atoms with Gasteiger partial charge in [0.1, 0.15) is 0 Å². The van der Waals surface area contributed by atoms with Crippen molar-refractivity contribution in [2.45, 2.75) is 65.7 Å². The Balaban J connectivity index is 0.000000206. The first kappa shape index (κ1) is 29.2. The maximum absolute atomic E-state index is 12.3. The molecule has 1 fully saturated rings. The average Bonchev–Trinajstić information content (AvgIpc) is 3.35. The number of morpholine rings is 1. The van der Waals surface area contributed by atoms with Crippen molar-refractivity contribution in [3.05, 3.63) is 69.0 Å². The van der Waals surface area contributed by atoms with Gasteiger partial charge in [-0.15, -0.1) is 0 Å². The molecule has 3 aromatic rings. The van der Waals surface area contributed by atoms with Crippen molar-refractivity contribution >= 4 is 29.1 Å². The third kappa shape index (κ3) is 7.56. The van der Waals surface area contributed by atoms with Crippen LogP contribution in [0.5, 0.6) is 0 Å². The van der Waals surface area contributed by atoms with Gasteiger partial charge in [-0.3, -0.25) is 4.79 Å². The monoisotopic (exact) mass is 545 g/mol. The molecule has 0 unspecified atom stereocenters. The number of halogens is 2. The van der Waals surface area contributed by atoms with E-state index in [-0.39, 0.29) is 11.3 Å². The number of ether oxygens (including phenoxy) is 1. The number of rotatable bonds is 4. The standard InChI is InChI=1S/C15H19ClN2O.C14H18ClNO2/c1-9(2)10-6-7-12(16)11(8-10)13-17-14(18-19-13)15(3,4)5;1-10(2)11-3-4-12(13(15)9-11)14(17)16-5-7-18-8-6-16/h6-9H,1-5H3;3-4,9-10H,5-8H2,1-2H3. The minimum Gasteiger partial charge on any atom is -0.378 e. The van der Waals surface area contributed by atoms with Crippen LogP contribution in [0.4, 0.5) is 0 Å². The molecule has 200 valence electrons. The molecule has 0 aliphatic carbocycles. The third-order valence-electron chi connectivity index (χ3n) is 6.17. The van der Waals surface area contributed by atoms with Crippen LogP contribution in [-0.4, -0.2) is 47.3 Å². The van der Waals surface area contributed by atoms with Crippen molar-refractivity contribution in [3.63, 3.8) is 0 Å². The molecule has 1 saturated heterocycles. The number of carbonyl (C=O) groups excluding carboxylic acids is 1. The fourth-order valence-corrected chi connectivity index (χ4v) is 4.17. The van der Waals surface area contributed by atoms with Gasteiger partial charge in [-0.2, -0.15) is 4.98 Å². The van der Waals surface area contributed by atoms with E-state index in [0.29, 0.717) is 65.5 Å². The molecule has 0 N–H and O–H groups in total. The van der Waals surface area contributed by atoms with E-state index in [0.717, 1.165) is 11.1 Å². The Morgan fingerprint density at radius 2 is 1.51 bits per heavy atom. The second-order valence-electron chi connectivity index (χ2n) is 10.9.